The molecule has 0 aromatic carbocycles. The van der Waals surface area contributed by atoms with Crippen molar-refractivity contribution in [1.82, 2.24) is 10.2 Å². The maximum Gasteiger partial charge on any atom is 0.222 e. The van der Waals surface area contributed by atoms with Gasteiger partial charge >= 0.3 is 0 Å². The third-order valence-electron chi connectivity index (χ3n) is 3.44. The highest BCUT2D eigenvalue weighted by Crippen LogP contribution is 2.17. The predicted molar refractivity (Wildman–Crippen MR) is 57.4 cm³/mol. The molecule has 2 aliphatic rings. The number of aliphatic hydroxyl groups excluding tert-OH is 1. The normalized spacial score (nSPS) is 31.1. The van der Waals surface area contributed by atoms with E-state index in [-0.39, 0.29) is 12.0 Å². The summed E-state index contributed by atoms with van der Waals surface area (Å²) in [5, 5.41) is 12.6. The van der Waals surface area contributed by atoms with Crippen LogP contribution in [0.2, 0.25) is 0 Å². The number of likely N-dealkylation sites (tertiary alicyclic amines) is 1. The van der Waals surface area contributed by atoms with Gasteiger partial charge in [-0.1, -0.05) is 0 Å². The molecular weight excluding hydrogens is 192 g/mol. The fraction of sp³-hybridized carbons (Fsp3) is 0.909. The lowest BCUT2D eigenvalue weighted by Crippen LogP contribution is -2.29. The number of amides is 1. The van der Waals surface area contributed by atoms with Crippen LogP contribution in [0, 0.1) is 5.92 Å². The summed E-state index contributed by atoms with van der Waals surface area (Å²) in [6, 6.07) is 0. The zero-order valence-corrected chi connectivity index (χ0v) is 9.11. The van der Waals surface area contributed by atoms with E-state index in [0.717, 1.165) is 32.5 Å². The second-order valence-corrected chi connectivity index (χ2v) is 4.68. The van der Waals surface area contributed by atoms with Crippen molar-refractivity contribution in [3.05, 3.63) is 0 Å². The highest BCUT2D eigenvalue weighted by Gasteiger charge is 2.25. The van der Waals surface area contributed by atoms with Crippen LogP contribution < -0.4 is 5.32 Å². The van der Waals surface area contributed by atoms with Gasteiger partial charge in [-0.3, -0.25) is 4.79 Å². The van der Waals surface area contributed by atoms with E-state index in [1.165, 1.54) is 6.42 Å². The molecule has 4 nitrogen and oxygen atoms in total. The molecule has 2 atom stereocenters. The highest BCUT2D eigenvalue weighted by atomic mass is 16.3. The largest absolute Gasteiger partial charge is 0.391 e. The van der Waals surface area contributed by atoms with Crippen molar-refractivity contribution in [2.24, 2.45) is 5.92 Å². The molecule has 2 unspecified atom stereocenters. The van der Waals surface area contributed by atoms with E-state index >= 15 is 0 Å². The first-order valence-corrected chi connectivity index (χ1v) is 5.92. The predicted octanol–water partition coefficient (Wildman–Crippen LogP) is -0.0307. The van der Waals surface area contributed by atoms with Gasteiger partial charge in [0.25, 0.3) is 0 Å². The fourth-order valence-electron chi connectivity index (χ4n) is 2.41. The van der Waals surface area contributed by atoms with Gasteiger partial charge in [0.05, 0.1) is 6.10 Å². The Morgan fingerprint density at radius 2 is 2.33 bits per heavy atom. The number of hydrogen-bond donors (Lipinski definition) is 2. The van der Waals surface area contributed by atoms with Crippen LogP contribution in [0.25, 0.3) is 0 Å². The summed E-state index contributed by atoms with van der Waals surface area (Å²) < 4.78 is 0. The lowest BCUT2D eigenvalue weighted by atomic mass is 10.0. The first-order valence-electron chi connectivity index (χ1n) is 5.92. The van der Waals surface area contributed by atoms with E-state index in [0.29, 0.717) is 18.9 Å². The number of hydrogen-bond acceptors (Lipinski definition) is 3. The number of β-amino-alcohol motifs (C(OH)–C–C–N with tert-alkyl or cyclic N) is 1. The first kappa shape index (κ1) is 10.9. The van der Waals surface area contributed by atoms with E-state index in [9.17, 15) is 9.90 Å². The van der Waals surface area contributed by atoms with Crippen LogP contribution in [-0.4, -0.2) is 48.2 Å². The van der Waals surface area contributed by atoms with Crippen LogP contribution in [-0.2, 0) is 4.79 Å². The quantitative estimate of drug-likeness (QED) is 0.690. The minimum atomic E-state index is -0.290. The molecular formula is C11H20N2O2. The Morgan fingerprint density at radius 3 is 2.93 bits per heavy atom. The summed E-state index contributed by atoms with van der Waals surface area (Å²) in [4.78, 5) is 13.5. The maximum atomic E-state index is 11.7. The molecule has 0 radical (unpaired) electrons. The molecule has 2 fully saturated rings. The zero-order valence-electron chi connectivity index (χ0n) is 9.11. The summed E-state index contributed by atoms with van der Waals surface area (Å²) in [6.07, 6.45) is 3.31. The van der Waals surface area contributed by atoms with Gasteiger partial charge in [0.2, 0.25) is 5.91 Å². The Hall–Kier alpha value is -0.610. The number of nitrogens with zero attached hydrogens (tertiary/aromatic N) is 1. The Balaban J connectivity index is 1.67. The average molecular weight is 212 g/mol. The van der Waals surface area contributed by atoms with E-state index in [1.807, 2.05) is 0 Å². The molecule has 86 valence electrons. The smallest absolute Gasteiger partial charge is 0.222 e. The molecule has 0 bridgehead atoms. The summed E-state index contributed by atoms with van der Waals surface area (Å²) in [5.41, 5.74) is 0. The van der Waals surface area contributed by atoms with Gasteiger partial charge in [-0.15, -0.1) is 0 Å². The molecule has 2 rings (SSSR count). The second-order valence-electron chi connectivity index (χ2n) is 4.68. The Kier molecular flexibility index (Phi) is 3.59. The molecule has 0 saturated carbocycles. The summed E-state index contributed by atoms with van der Waals surface area (Å²) in [7, 11) is 0. The van der Waals surface area contributed by atoms with Crippen LogP contribution in [0.3, 0.4) is 0 Å². The molecule has 2 heterocycles. The van der Waals surface area contributed by atoms with Gasteiger partial charge in [0.15, 0.2) is 0 Å². The minimum absolute atomic E-state index is 0.221. The van der Waals surface area contributed by atoms with Crippen molar-refractivity contribution in [3.8, 4) is 0 Å². The Labute approximate surface area is 90.6 Å². The van der Waals surface area contributed by atoms with Crippen LogP contribution >= 0.6 is 0 Å². The number of rotatable bonds is 3. The van der Waals surface area contributed by atoms with Crippen molar-refractivity contribution in [1.29, 1.82) is 0 Å². The van der Waals surface area contributed by atoms with Gasteiger partial charge in [0, 0.05) is 19.5 Å². The average Bonchev–Trinajstić information content (AvgIpc) is 2.84. The third-order valence-corrected chi connectivity index (χ3v) is 3.44. The van der Waals surface area contributed by atoms with E-state index in [4.69, 9.17) is 0 Å². The Bertz CT molecular complexity index is 227. The number of aliphatic hydroxyl groups is 1. The SMILES string of the molecule is O=C(CCC1CCNC1)N1CCC(O)C1. The monoisotopic (exact) mass is 212 g/mol. The van der Waals surface area contributed by atoms with Gasteiger partial charge in [-0.25, -0.2) is 0 Å². The Morgan fingerprint density at radius 1 is 1.47 bits per heavy atom. The molecule has 1 amide bonds. The van der Waals surface area contributed by atoms with Crippen LogP contribution in [0.4, 0.5) is 0 Å². The summed E-state index contributed by atoms with van der Waals surface area (Å²) >= 11 is 0. The number of carbonyl (C=O) groups is 1. The highest BCUT2D eigenvalue weighted by molar-refractivity contribution is 5.76. The summed E-state index contributed by atoms with van der Waals surface area (Å²) in [6.45, 7) is 3.45. The van der Waals surface area contributed by atoms with Crippen molar-refractivity contribution in [3.63, 3.8) is 0 Å². The number of nitrogens with one attached hydrogen (secondary N) is 1. The lowest BCUT2D eigenvalue weighted by Gasteiger charge is -2.16. The lowest BCUT2D eigenvalue weighted by molar-refractivity contribution is -0.130. The molecule has 0 spiro atoms. The first-order chi connectivity index (χ1) is 7.25. The fourth-order valence-corrected chi connectivity index (χ4v) is 2.41. The molecule has 0 aromatic heterocycles. The van der Waals surface area contributed by atoms with Crippen LogP contribution in [0.15, 0.2) is 0 Å². The van der Waals surface area contributed by atoms with E-state index in [2.05, 4.69) is 5.32 Å². The topological polar surface area (TPSA) is 52.6 Å². The van der Waals surface area contributed by atoms with E-state index in [1.54, 1.807) is 4.90 Å². The van der Waals surface area contributed by atoms with Gasteiger partial charge < -0.3 is 15.3 Å². The van der Waals surface area contributed by atoms with Crippen molar-refractivity contribution in [2.45, 2.75) is 31.8 Å². The molecule has 0 aliphatic carbocycles. The molecule has 15 heavy (non-hydrogen) atoms. The van der Waals surface area contributed by atoms with Crippen molar-refractivity contribution in [2.75, 3.05) is 26.2 Å². The molecule has 2 aliphatic heterocycles. The number of carbonyl (C=O) groups excluding carboxylic acids is 1. The van der Waals surface area contributed by atoms with Crippen LogP contribution in [0.5, 0.6) is 0 Å². The van der Waals surface area contributed by atoms with Crippen LogP contribution in [0.1, 0.15) is 25.7 Å². The zero-order chi connectivity index (χ0) is 10.7. The molecule has 2 saturated heterocycles. The minimum Gasteiger partial charge on any atom is -0.391 e. The summed E-state index contributed by atoms with van der Waals surface area (Å²) in [5.74, 6) is 0.903. The third kappa shape index (κ3) is 2.92. The second kappa shape index (κ2) is 4.94. The van der Waals surface area contributed by atoms with Gasteiger partial charge in [-0.05, 0) is 38.3 Å². The standard InChI is InChI=1S/C11H20N2O2/c14-10-4-6-13(8-10)11(15)2-1-9-3-5-12-7-9/h9-10,12,14H,1-8H2. The van der Waals surface area contributed by atoms with Crippen molar-refractivity contribution < 1.29 is 9.90 Å². The van der Waals surface area contributed by atoms with Crippen molar-refractivity contribution >= 4 is 5.91 Å². The van der Waals surface area contributed by atoms with Gasteiger partial charge in [0.1, 0.15) is 0 Å². The molecule has 4 heteroatoms. The van der Waals surface area contributed by atoms with E-state index < -0.39 is 0 Å². The molecule has 0 aromatic rings. The maximum absolute atomic E-state index is 11.7. The molecule has 2 N–H and O–H groups in total. The van der Waals surface area contributed by atoms with Gasteiger partial charge in [-0.2, -0.15) is 0 Å².